The molecule has 0 aliphatic heterocycles. The van der Waals surface area contributed by atoms with Gasteiger partial charge < -0.3 is 20.7 Å². The lowest BCUT2D eigenvalue weighted by molar-refractivity contribution is -0.137. The molecule has 4 aromatic rings. The first-order valence-electron chi connectivity index (χ1n) is 10.9. The van der Waals surface area contributed by atoms with Crippen LogP contribution in [0.5, 0.6) is 11.6 Å². The molecule has 0 fully saturated rings. The van der Waals surface area contributed by atoms with Crippen molar-refractivity contribution in [3.05, 3.63) is 77.7 Å². The largest absolute Gasteiger partial charge is 0.439 e. The number of hydrogen-bond donors (Lipinski definition) is 3. The van der Waals surface area contributed by atoms with Crippen LogP contribution < -0.4 is 20.7 Å². The second kappa shape index (κ2) is 11.2. The van der Waals surface area contributed by atoms with Crippen molar-refractivity contribution in [2.24, 2.45) is 0 Å². The number of anilines is 2. The topological polar surface area (TPSA) is 123 Å². The number of nitrogens with zero attached hydrogens (tertiary/aromatic N) is 4. The Labute approximate surface area is 218 Å². The second-order valence-corrected chi connectivity index (χ2v) is 8.12. The summed E-state index contributed by atoms with van der Waals surface area (Å²) in [4.78, 5) is 32.1. The van der Waals surface area contributed by atoms with Gasteiger partial charge in [0, 0.05) is 36.8 Å². The van der Waals surface area contributed by atoms with Crippen molar-refractivity contribution in [2.45, 2.75) is 12.7 Å². The lowest BCUT2D eigenvalue weighted by Gasteiger charge is -2.13. The van der Waals surface area contributed by atoms with Crippen molar-refractivity contribution in [2.75, 3.05) is 17.7 Å². The molecule has 2 aromatic carbocycles. The number of amides is 3. The fraction of sp³-hybridized carbons (Fsp3) is 0.125. The highest BCUT2D eigenvalue weighted by Gasteiger charge is 2.33. The maximum Gasteiger partial charge on any atom is 0.417 e. The first-order valence-corrected chi connectivity index (χ1v) is 11.3. The highest BCUT2D eigenvalue weighted by atomic mass is 35.5. The maximum atomic E-state index is 13.1. The van der Waals surface area contributed by atoms with E-state index in [-0.39, 0.29) is 24.0 Å². The summed E-state index contributed by atoms with van der Waals surface area (Å²) in [5.41, 5.74) is 0.129. The second-order valence-electron chi connectivity index (χ2n) is 7.71. The van der Waals surface area contributed by atoms with Crippen LogP contribution in [0.2, 0.25) is 5.02 Å². The van der Waals surface area contributed by atoms with E-state index in [1.54, 1.807) is 36.5 Å². The van der Waals surface area contributed by atoms with Crippen LogP contribution in [0.25, 0.3) is 11.4 Å². The molecule has 0 saturated heterocycles. The zero-order valence-corrected chi connectivity index (χ0v) is 20.3. The fourth-order valence-electron chi connectivity index (χ4n) is 3.22. The zero-order chi connectivity index (χ0) is 27.3. The standard InChI is InChI=1S/C24H19ClF3N7O3/c1-29-21(36)12-35-8-7-19(34-35)20-11-22(31-13-30-20)38-16-4-2-3-14(9-16)32-23(37)33-15-5-6-18(25)17(10-15)24(26,27)28/h2-11,13H,12H2,1H3,(H,29,36)(H2,32,33,37). The van der Waals surface area contributed by atoms with Crippen LogP contribution in [-0.4, -0.2) is 38.7 Å². The van der Waals surface area contributed by atoms with Gasteiger partial charge in [-0.3, -0.25) is 9.48 Å². The van der Waals surface area contributed by atoms with Crippen molar-refractivity contribution < 1.29 is 27.5 Å². The number of carbonyl (C=O) groups excluding carboxylic acids is 2. The minimum atomic E-state index is -4.66. The van der Waals surface area contributed by atoms with E-state index in [1.807, 2.05) is 0 Å². The highest BCUT2D eigenvalue weighted by molar-refractivity contribution is 6.31. The number of benzene rings is 2. The SMILES string of the molecule is CNC(=O)Cn1ccc(-c2cc(Oc3cccc(NC(=O)Nc4ccc(Cl)c(C(F)(F)F)c4)c3)ncn2)n1. The Morgan fingerprint density at radius 2 is 1.76 bits per heavy atom. The predicted molar refractivity (Wildman–Crippen MR) is 133 cm³/mol. The molecule has 14 heteroatoms. The lowest BCUT2D eigenvalue weighted by Crippen LogP contribution is -2.23. The summed E-state index contributed by atoms with van der Waals surface area (Å²) in [7, 11) is 1.53. The third-order valence-electron chi connectivity index (χ3n) is 4.97. The number of hydrogen-bond acceptors (Lipinski definition) is 6. The molecule has 3 amide bonds. The number of aromatic nitrogens is 4. The number of alkyl halides is 3. The van der Waals surface area contributed by atoms with E-state index in [2.05, 4.69) is 31.0 Å². The van der Waals surface area contributed by atoms with E-state index >= 15 is 0 Å². The van der Waals surface area contributed by atoms with E-state index in [9.17, 15) is 22.8 Å². The molecule has 10 nitrogen and oxygen atoms in total. The van der Waals surface area contributed by atoms with E-state index in [1.165, 1.54) is 30.2 Å². The fourth-order valence-corrected chi connectivity index (χ4v) is 3.44. The van der Waals surface area contributed by atoms with Crippen molar-refractivity contribution in [3.8, 4) is 23.0 Å². The molecule has 0 atom stereocenters. The molecule has 0 radical (unpaired) electrons. The van der Waals surface area contributed by atoms with Crippen molar-refractivity contribution in [1.82, 2.24) is 25.1 Å². The van der Waals surface area contributed by atoms with Gasteiger partial charge in [-0.1, -0.05) is 17.7 Å². The Kier molecular flexibility index (Phi) is 7.76. The third-order valence-corrected chi connectivity index (χ3v) is 5.30. The number of likely N-dealkylation sites (N-methyl/N-ethyl adjacent to an activating group) is 1. The van der Waals surface area contributed by atoms with Gasteiger partial charge in [-0.25, -0.2) is 14.8 Å². The Morgan fingerprint density at radius 3 is 2.50 bits per heavy atom. The average Bonchev–Trinajstić information content (AvgIpc) is 3.33. The van der Waals surface area contributed by atoms with Gasteiger partial charge in [0.1, 0.15) is 24.3 Å². The van der Waals surface area contributed by atoms with Gasteiger partial charge in [0.25, 0.3) is 0 Å². The van der Waals surface area contributed by atoms with E-state index < -0.39 is 22.8 Å². The monoisotopic (exact) mass is 545 g/mol. The minimum Gasteiger partial charge on any atom is -0.439 e. The molecule has 0 aliphatic carbocycles. The quantitative estimate of drug-likeness (QED) is 0.293. The number of nitrogens with one attached hydrogen (secondary N) is 3. The Morgan fingerprint density at radius 1 is 1.00 bits per heavy atom. The van der Waals surface area contributed by atoms with E-state index in [0.29, 0.717) is 22.8 Å². The van der Waals surface area contributed by atoms with Crippen LogP contribution in [0.15, 0.2) is 67.1 Å². The zero-order valence-electron chi connectivity index (χ0n) is 19.6. The normalized spacial score (nSPS) is 11.1. The summed E-state index contributed by atoms with van der Waals surface area (Å²) in [5.74, 6) is 0.314. The molecule has 2 aromatic heterocycles. The summed E-state index contributed by atoms with van der Waals surface area (Å²) < 4.78 is 46.4. The summed E-state index contributed by atoms with van der Waals surface area (Å²) in [6.07, 6.45) is -1.73. The summed E-state index contributed by atoms with van der Waals surface area (Å²) in [5, 5.41) is 11.2. The molecule has 196 valence electrons. The lowest BCUT2D eigenvalue weighted by atomic mass is 10.2. The Balaban J connectivity index is 1.42. The van der Waals surface area contributed by atoms with Gasteiger partial charge in [-0.15, -0.1) is 0 Å². The van der Waals surface area contributed by atoms with E-state index in [4.69, 9.17) is 16.3 Å². The van der Waals surface area contributed by atoms with Gasteiger partial charge in [0.15, 0.2) is 0 Å². The van der Waals surface area contributed by atoms with Crippen LogP contribution in [0.4, 0.5) is 29.3 Å². The van der Waals surface area contributed by atoms with Crippen LogP contribution >= 0.6 is 11.6 Å². The molecular weight excluding hydrogens is 527 g/mol. The molecule has 0 saturated carbocycles. The summed E-state index contributed by atoms with van der Waals surface area (Å²) in [6.45, 7) is 0.0554. The van der Waals surface area contributed by atoms with E-state index in [0.717, 1.165) is 12.1 Å². The van der Waals surface area contributed by atoms with Crippen molar-refractivity contribution in [1.29, 1.82) is 0 Å². The number of ether oxygens (including phenoxy) is 1. The van der Waals surface area contributed by atoms with Gasteiger partial charge in [-0.05, 0) is 36.4 Å². The predicted octanol–water partition coefficient (Wildman–Crippen LogP) is 5.19. The molecule has 3 N–H and O–H groups in total. The van der Waals surface area contributed by atoms with Gasteiger partial charge >= 0.3 is 12.2 Å². The van der Waals surface area contributed by atoms with Crippen LogP contribution in [0, 0.1) is 0 Å². The molecule has 0 bridgehead atoms. The number of halogens is 4. The van der Waals surface area contributed by atoms with Crippen LogP contribution in [-0.2, 0) is 17.5 Å². The van der Waals surface area contributed by atoms with Gasteiger partial charge in [0.05, 0.1) is 16.3 Å². The first kappa shape index (κ1) is 26.4. The summed E-state index contributed by atoms with van der Waals surface area (Å²) >= 11 is 5.61. The minimum absolute atomic E-state index is 0.0554. The van der Waals surface area contributed by atoms with Gasteiger partial charge in [0.2, 0.25) is 11.8 Å². The first-order chi connectivity index (χ1) is 18.1. The number of urea groups is 1. The molecule has 38 heavy (non-hydrogen) atoms. The Hall–Kier alpha value is -4.65. The summed E-state index contributed by atoms with van der Waals surface area (Å²) in [6, 6.07) is 11.8. The number of carbonyl (C=O) groups is 2. The van der Waals surface area contributed by atoms with Gasteiger partial charge in [-0.2, -0.15) is 18.3 Å². The van der Waals surface area contributed by atoms with Crippen LogP contribution in [0.1, 0.15) is 5.56 Å². The third kappa shape index (κ3) is 6.76. The molecule has 4 rings (SSSR count). The molecule has 0 spiro atoms. The highest BCUT2D eigenvalue weighted by Crippen LogP contribution is 2.36. The number of rotatable bonds is 7. The van der Waals surface area contributed by atoms with Crippen molar-refractivity contribution in [3.63, 3.8) is 0 Å². The smallest absolute Gasteiger partial charge is 0.417 e. The molecule has 2 heterocycles. The molecule has 0 aliphatic rings. The average molecular weight is 546 g/mol. The maximum absolute atomic E-state index is 13.1. The molecule has 0 unspecified atom stereocenters. The van der Waals surface area contributed by atoms with Crippen molar-refractivity contribution >= 4 is 34.9 Å². The van der Waals surface area contributed by atoms with Crippen LogP contribution in [0.3, 0.4) is 0 Å². The Bertz CT molecular complexity index is 1480. The molecular formula is C24H19ClF3N7O3.